The maximum atomic E-state index is 8.73. The highest BCUT2D eigenvalue weighted by Crippen LogP contribution is 2.25. The quantitative estimate of drug-likeness (QED) is 0.372. The molecule has 6 heteroatoms. The van der Waals surface area contributed by atoms with E-state index in [1.54, 1.807) is 25.3 Å². The van der Waals surface area contributed by atoms with Crippen molar-refractivity contribution >= 4 is 5.84 Å². The van der Waals surface area contributed by atoms with Gasteiger partial charge in [-0.2, -0.15) is 0 Å². The van der Waals surface area contributed by atoms with E-state index in [4.69, 9.17) is 25.2 Å². The van der Waals surface area contributed by atoms with Crippen LogP contribution in [0.1, 0.15) is 18.4 Å². The van der Waals surface area contributed by atoms with Gasteiger partial charge in [0.05, 0.1) is 20.3 Å². The SMILES string of the molecule is COc1cc(OC2CCOCC2)cc(/C(N)=N/O)c1. The third-order valence-electron chi connectivity index (χ3n) is 2.99. The summed E-state index contributed by atoms with van der Waals surface area (Å²) in [7, 11) is 1.56. The van der Waals surface area contributed by atoms with Crippen LogP contribution < -0.4 is 15.2 Å². The molecule has 1 aliphatic heterocycles. The summed E-state index contributed by atoms with van der Waals surface area (Å²) in [4.78, 5) is 0. The number of nitrogens with two attached hydrogens (primary N) is 1. The van der Waals surface area contributed by atoms with Gasteiger partial charge in [-0.3, -0.25) is 0 Å². The number of methoxy groups -OCH3 is 1. The van der Waals surface area contributed by atoms with E-state index in [-0.39, 0.29) is 11.9 Å². The van der Waals surface area contributed by atoms with E-state index in [9.17, 15) is 0 Å². The van der Waals surface area contributed by atoms with Crippen molar-refractivity contribution in [3.63, 3.8) is 0 Å². The lowest BCUT2D eigenvalue weighted by molar-refractivity contribution is 0.0255. The summed E-state index contributed by atoms with van der Waals surface area (Å²) in [5, 5.41) is 11.7. The Balaban J connectivity index is 2.18. The van der Waals surface area contributed by atoms with Gasteiger partial charge in [-0.15, -0.1) is 0 Å². The highest BCUT2D eigenvalue weighted by Gasteiger charge is 2.16. The monoisotopic (exact) mass is 266 g/mol. The molecule has 1 heterocycles. The molecule has 2 rings (SSSR count). The van der Waals surface area contributed by atoms with Gasteiger partial charge < -0.3 is 25.2 Å². The van der Waals surface area contributed by atoms with E-state index in [0.717, 1.165) is 12.8 Å². The van der Waals surface area contributed by atoms with Crippen LogP contribution in [0.15, 0.2) is 23.4 Å². The maximum absolute atomic E-state index is 8.73. The molecular weight excluding hydrogens is 248 g/mol. The number of amidine groups is 1. The zero-order valence-electron chi connectivity index (χ0n) is 10.8. The molecule has 0 spiro atoms. The molecule has 0 bridgehead atoms. The van der Waals surface area contributed by atoms with Gasteiger partial charge in [0.15, 0.2) is 5.84 Å². The average molecular weight is 266 g/mol. The second-order valence-electron chi connectivity index (χ2n) is 4.31. The molecule has 0 radical (unpaired) electrons. The normalized spacial score (nSPS) is 17.2. The van der Waals surface area contributed by atoms with Gasteiger partial charge in [0.25, 0.3) is 0 Å². The van der Waals surface area contributed by atoms with Crippen LogP contribution in [0, 0.1) is 0 Å². The smallest absolute Gasteiger partial charge is 0.170 e. The van der Waals surface area contributed by atoms with Crippen molar-refractivity contribution in [1.82, 2.24) is 0 Å². The fourth-order valence-electron chi connectivity index (χ4n) is 1.95. The first kappa shape index (κ1) is 13.5. The van der Waals surface area contributed by atoms with Crippen molar-refractivity contribution in [1.29, 1.82) is 0 Å². The van der Waals surface area contributed by atoms with E-state index in [1.807, 2.05) is 0 Å². The number of ether oxygens (including phenoxy) is 3. The fraction of sp³-hybridized carbons (Fsp3) is 0.462. The molecule has 1 fully saturated rings. The summed E-state index contributed by atoms with van der Waals surface area (Å²) in [5.74, 6) is 1.27. The minimum atomic E-state index is 0.0238. The Morgan fingerprint density at radius 2 is 2.00 bits per heavy atom. The maximum Gasteiger partial charge on any atom is 0.170 e. The highest BCUT2D eigenvalue weighted by atomic mass is 16.5. The Kier molecular flexibility index (Phi) is 4.46. The minimum absolute atomic E-state index is 0.0238. The van der Waals surface area contributed by atoms with Crippen LogP contribution in [0.25, 0.3) is 0 Å². The fourth-order valence-corrected chi connectivity index (χ4v) is 1.95. The van der Waals surface area contributed by atoms with Crippen LogP contribution >= 0.6 is 0 Å². The van der Waals surface area contributed by atoms with Crippen LogP contribution in [0.4, 0.5) is 0 Å². The Labute approximate surface area is 111 Å². The molecule has 0 aliphatic carbocycles. The third-order valence-corrected chi connectivity index (χ3v) is 2.99. The van der Waals surface area contributed by atoms with Gasteiger partial charge in [0.1, 0.15) is 17.6 Å². The standard InChI is InChI=1S/C13H18N2O4/c1-17-11-6-9(13(14)15-16)7-12(8-11)19-10-2-4-18-5-3-10/h6-8,10,16H,2-5H2,1H3,(H2,14,15). The van der Waals surface area contributed by atoms with Crippen molar-refractivity contribution < 1.29 is 19.4 Å². The second-order valence-corrected chi connectivity index (χ2v) is 4.31. The van der Waals surface area contributed by atoms with Crippen LogP contribution in [0.3, 0.4) is 0 Å². The first-order chi connectivity index (χ1) is 9.22. The van der Waals surface area contributed by atoms with Crippen LogP contribution in [0.5, 0.6) is 11.5 Å². The van der Waals surface area contributed by atoms with Crippen molar-refractivity contribution in [2.24, 2.45) is 10.9 Å². The molecule has 1 aliphatic rings. The number of hydrogen-bond donors (Lipinski definition) is 2. The van der Waals surface area contributed by atoms with Crippen LogP contribution in [0.2, 0.25) is 0 Å². The molecule has 0 atom stereocenters. The lowest BCUT2D eigenvalue weighted by atomic mass is 10.1. The van der Waals surface area contributed by atoms with Gasteiger partial charge in [-0.1, -0.05) is 5.16 Å². The number of rotatable bonds is 4. The molecule has 0 saturated carbocycles. The summed E-state index contributed by atoms with van der Waals surface area (Å²) in [5.41, 5.74) is 6.15. The molecule has 0 aromatic heterocycles. The van der Waals surface area contributed by atoms with E-state index in [1.165, 1.54) is 0 Å². The molecule has 1 aromatic rings. The van der Waals surface area contributed by atoms with E-state index in [2.05, 4.69) is 5.16 Å². The van der Waals surface area contributed by atoms with E-state index < -0.39 is 0 Å². The first-order valence-electron chi connectivity index (χ1n) is 6.14. The Hall–Kier alpha value is -1.95. The number of oxime groups is 1. The van der Waals surface area contributed by atoms with Gasteiger partial charge in [-0.25, -0.2) is 0 Å². The summed E-state index contributed by atoms with van der Waals surface area (Å²) < 4.78 is 16.3. The van der Waals surface area contributed by atoms with Crippen molar-refractivity contribution in [3.8, 4) is 11.5 Å². The van der Waals surface area contributed by atoms with Crippen LogP contribution in [-0.2, 0) is 4.74 Å². The predicted octanol–water partition coefficient (Wildman–Crippen LogP) is 1.35. The zero-order valence-corrected chi connectivity index (χ0v) is 10.8. The van der Waals surface area contributed by atoms with Crippen molar-refractivity contribution in [2.45, 2.75) is 18.9 Å². The number of nitrogens with zero attached hydrogens (tertiary/aromatic N) is 1. The predicted molar refractivity (Wildman–Crippen MR) is 70.0 cm³/mol. The summed E-state index contributed by atoms with van der Waals surface area (Å²) in [6.45, 7) is 1.42. The highest BCUT2D eigenvalue weighted by molar-refractivity contribution is 5.97. The molecule has 0 unspecified atom stereocenters. The first-order valence-corrected chi connectivity index (χ1v) is 6.14. The second kappa shape index (κ2) is 6.29. The molecule has 1 saturated heterocycles. The summed E-state index contributed by atoms with van der Waals surface area (Å²) >= 11 is 0. The van der Waals surface area contributed by atoms with Crippen LogP contribution in [-0.4, -0.2) is 37.5 Å². The van der Waals surface area contributed by atoms with Gasteiger partial charge in [0, 0.05) is 24.5 Å². The van der Waals surface area contributed by atoms with Gasteiger partial charge >= 0.3 is 0 Å². The summed E-state index contributed by atoms with van der Waals surface area (Å²) in [6.07, 6.45) is 1.84. The lowest BCUT2D eigenvalue weighted by Crippen LogP contribution is -2.26. The van der Waals surface area contributed by atoms with E-state index >= 15 is 0 Å². The Morgan fingerprint density at radius 3 is 2.63 bits per heavy atom. The topological polar surface area (TPSA) is 86.3 Å². The largest absolute Gasteiger partial charge is 0.497 e. The Morgan fingerprint density at radius 1 is 1.32 bits per heavy atom. The molecular formula is C13H18N2O4. The van der Waals surface area contributed by atoms with Gasteiger partial charge in [0.2, 0.25) is 0 Å². The molecule has 104 valence electrons. The zero-order chi connectivity index (χ0) is 13.7. The van der Waals surface area contributed by atoms with Gasteiger partial charge in [-0.05, 0) is 12.1 Å². The molecule has 6 nitrogen and oxygen atoms in total. The minimum Gasteiger partial charge on any atom is -0.497 e. The number of hydrogen-bond acceptors (Lipinski definition) is 5. The molecule has 0 amide bonds. The Bertz CT molecular complexity index is 456. The number of benzene rings is 1. The third kappa shape index (κ3) is 3.51. The molecule has 3 N–H and O–H groups in total. The van der Waals surface area contributed by atoms with Crippen molar-refractivity contribution in [3.05, 3.63) is 23.8 Å². The molecule has 19 heavy (non-hydrogen) atoms. The average Bonchev–Trinajstić information content (AvgIpc) is 2.47. The van der Waals surface area contributed by atoms with E-state index in [0.29, 0.717) is 30.3 Å². The molecule has 1 aromatic carbocycles. The lowest BCUT2D eigenvalue weighted by Gasteiger charge is -2.23. The van der Waals surface area contributed by atoms with Crippen molar-refractivity contribution in [2.75, 3.05) is 20.3 Å². The summed E-state index contributed by atoms with van der Waals surface area (Å²) in [6, 6.07) is 5.20.